The fourth-order valence-electron chi connectivity index (χ4n) is 2.21. The van der Waals surface area contributed by atoms with Crippen molar-refractivity contribution in [3.63, 3.8) is 0 Å². The van der Waals surface area contributed by atoms with Gasteiger partial charge in [-0.1, -0.05) is 11.6 Å². The first-order valence-corrected chi connectivity index (χ1v) is 6.42. The quantitative estimate of drug-likeness (QED) is 0.787. The molecule has 20 heavy (non-hydrogen) atoms. The number of hydrogen-bond donors (Lipinski definition) is 1. The molecule has 102 valence electrons. The van der Waals surface area contributed by atoms with E-state index in [0.717, 1.165) is 22.4 Å². The normalized spacial score (nSPS) is 10.9. The van der Waals surface area contributed by atoms with Crippen molar-refractivity contribution in [2.75, 3.05) is 12.8 Å². The first-order chi connectivity index (χ1) is 9.58. The molecule has 6 heteroatoms. The smallest absolute Gasteiger partial charge is 0.240 e. The molecule has 0 bridgehead atoms. The maximum atomic E-state index is 6.09. The Morgan fingerprint density at radius 1 is 1.25 bits per heavy atom. The number of halogens is 1. The highest BCUT2D eigenvalue weighted by molar-refractivity contribution is 6.31. The number of benzene rings is 1. The van der Waals surface area contributed by atoms with Crippen LogP contribution in [0.15, 0.2) is 30.5 Å². The number of anilines is 1. The van der Waals surface area contributed by atoms with Crippen molar-refractivity contribution < 1.29 is 4.74 Å². The highest BCUT2D eigenvalue weighted by Crippen LogP contribution is 2.34. The van der Waals surface area contributed by atoms with Crippen LogP contribution in [-0.4, -0.2) is 21.7 Å². The summed E-state index contributed by atoms with van der Waals surface area (Å²) in [5, 5.41) is 4.78. The van der Waals surface area contributed by atoms with E-state index in [9.17, 15) is 0 Å². The summed E-state index contributed by atoms with van der Waals surface area (Å²) in [6, 6.07) is 7.44. The van der Waals surface area contributed by atoms with Gasteiger partial charge in [0.2, 0.25) is 5.95 Å². The van der Waals surface area contributed by atoms with Crippen LogP contribution in [0, 0.1) is 6.92 Å². The number of nitrogens with two attached hydrogens (primary N) is 1. The summed E-state index contributed by atoms with van der Waals surface area (Å²) in [4.78, 5) is 4.14. The summed E-state index contributed by atoms with van der Waals surface area (Å²) < 4.78 is 7.05. The summed E-state index contributed by atoms with van der Waals surface area (Å²) in [7, 11) is 1.63. The molecule has 1 aromatic carbocycles. The number of hydrogen-bond acceptors (Lipinski definition) is 4. The molecule has 0 saturated heterocycles. The molecule has 3 aromatic rings. The number of ether oxygens (including phenoxy) is 1. The standard InChI is InChI=1S/C14H13ClN4O/c1-8-5-13-17-14(16)18-19(13)7-11(8)10-6-9(15)3-4-12(10)20-2/h3-7H,1-2H3,(H2,16,18). The zero-order valence-corrected chi connectivity index (χ0v) is 11.8. The summed E-state index contributed by atoms with van der Waals surface area (Å²) >= 11 is 6.09. The van der Waals surface area contributed by atoms with Crippen LogP contribution in [0.2, 0.25) is 5.02 Å². The van der Waals surface area contributed by atoms with Crippen LogP contribution in [0.5, 0.6) is 5.75 Å². The zero-order chi connectivity index (χ0) is 14.3. The van der Waals surface area contributed by atoms with Crippen LogP contribution in [-0.2, 0) is 0 Å². The van der Waals surface area contributed by atoms with E-state index in [4.69, 9.17) is 22.1 Å². The number of rotatable bonds is 2. The van der Waals surface area contributed by atoms with Crippen LogP contribution < -0.4 is 10.5 Å². The third-order valence-corrected chi connectivity index (χ3v) is 3.38. The Kier molecular flexibility index (Phi) is 2.99. The molecule has 0 aliphatic rings. The van der Waals surface area contributed by atoms with Gasteiger partial charge >= 0.3 is 0 Å². The molecular formula is C14H13ClN4O. The van der Waals surface area contributed by atoms with Gasteiger partial charge in [-0.25, -0.2) is 4.52 Å². The first-order valence-electron chi connectivity index (χ1n) is 6.05. The molecule has 0 saturated carbocycles. The number of fused-ring (bicyclic) bond motifs is 1. The molecule has 2 heterocycles. The fourth-order valence-corrected chi connectivity index (χ4v) is 2.39. The van der Waals surface area contributed by atoms with E-state index in [1.807, 2.05) is 31.3 Å². The van der Waals surface area contributed by atoms with Gasteiger partial charge in [0.15, 0.2) is 5.65 Å². The monoisotopic (exact) mass is 288 g/mol. The van der Waals surface area contributed by atoms with Gasteiger partial charge in [-0.2, -0.15) is 4.98 Å². The lowest BCUT2D eigenvalue weighted by molar-refractivity contribution is 0.416. The number of methoxy groups -OCH3 is 1. The van der Waals surface area contributed by atoms with Gasteiger partial charge in [-0.15, -0.1) is 5.10 Å². The van der Waals surface area contributed by atoms with Crippen LogP contribution in [0.4, 0.5) is 5.95 Å². The van der Waals surface area contributed by atoms with Crippen molar-refractivity contribution in [2.45, 2.75) is 6.92 Å². The molecular weight excluding hydrogens is 276 g/mol. The van der Waals surface area contributed by atoms with E-state index in [1.54, 1.807) is 17.7 Å². The molecule has 3 rings (SSSR count). The molecule has 0 aliphatic heterocycles. The molecule has 2 N–H and O–H groups in total. The third-order valence-electron chi connectivity index (χ3n) is 3.15. The molecule has 2 aromatic heterocycles. The topological polar surface area (TPSA) is 65.4 Å². The predicted octanol–water partition coefficient (Wildman–Crippen LogP) is 2.95. The molecule has 0 unspecified atom stereocenters. The molecule has 0 spiro atoms. The van der Waals surface area contributed by atoms with Crippen LogP contribution >= 0.6 is 11.6 Å². The van der Waals surface area contributed by atoms with Crippen LogP contribution in [0.25, 0.3) is 16.8 Å². The molecule has 0 atom stereocenters. The summed E-state index contributed by atoms with van der Waals surface area (Å²) in [5.41, 5.74) is 9.26. The summed E-state index contributed by atoms with van der Waals surface area (Å²) in [6.45, 7) is 2.00. The number of aromatic nitrogens is 3. The first kappa shape index (κ1) is 12.7. The van der Waals surface area contributed by atoms with Crippen molar-refractivity contribution in [3.8, 4) is 16.9 Å². The number of nitrogen functional groups attached to an aromatic ring is 1. The summed E-state index contributed by atoms with van der Waals surface area (Å²) in [6.07, 6.45) is 1.88. The van der Waals surface area contributed by atoms with Crippen molar-refractivity contribution in [3.05, 3.63) is 41.0 Å². The minimum atomic E-state index is 0.250. The minimum Gasteiger partial charge on any atom is -0.496 e. The van der Waals surface area contributed by atoms with E-state index < -0.39 is 0 Å². The Hall–Kier alpha value is -2.27. The summed E-state index contributed by atoms with van der Waals surface area (Å²) in [5.74, 6) is 1.00. The van der Waals surface area contributed by atoms with Crippen LogP contribution in [0.3, 0.4) is 0 Å². The molecule has 0 fully saturated rings. The highest BCUT2D eigenvalue weighted by atomic mass is 35.5. The van der Waals surface area contributed by atoms with Crippen molar-refractivity contribution in [1.29, 1.82) is 0 Å². The van der Waals surface area contributed by atoms with Gasteiger partial charge < -0.3 is 10.5 Å². The van der Waals surface area contributed by atoms with Gasteiger partial charge in [0.1, 0.15) is 5.75 Å². The molecule has 0 aliphatic carbocycles. The Bertz CT molecular complexity index is 797. The van der Waals surface area contributed by atoms with Gasteiger partial charge in [-0.05, 0) is 36.8 Å². The maximum Gasteiger partial charge on any atom is 0.240 e. The Balaban J connectivity index is 2.28. The lowest BCUT2D eigenvalue weighted by Gasteiger charge is -2.11. The second-order valence-corrected chi connectivity index (χ2v) is 4.92. The second-order valence-electron chi connectivity index (χ2n) is 4.49. The van der Waals surface area contributed by atoms with Crippen LogP contribution in [0.1, 0.15) is 5.56 Å². The Morgan fingerprint density at radius 3 is 2.80 bits per heavy atom. The Morgan fingerprint density at radius 2 is 2.05 bits per heavy atom. The molecule has 0 amide bonds. The van der Waals surface area contributed by atoms with Gasteiger partial charge in [0.25, 0.3) is 0 Å². The SMILES string of the molecule is COc1ccc(Cl)cc1-c1cn2nc(N)nc2cc1C. The van der Waals surface area contributed by atoms with Gasteiger partial charge in [-0.3, -0.25) is 0 Å². The lowest BCUT2D eigenvalue weighted by atomic mass is 10.0. The van der Waals surface area contributed by atoms with E-state index in [1.165, 1.54) is 0 Å². The third kappa shape index (κ3) is 2.06. The highest BCUT2D eigenvalue weighted by Gasteiger charge is 2.12. The van der Waals surface area contributed by atoms with Gasteiger partial charge in [0.05, 0.1) is 7.11 Å². The Labute approximate surface area is 121 Å². The van der Waals surface area contributed by atoms with E-state index in [-0.39, 0.29) is 5.95 Å². The molecule has 5 nitrogen and oxygen atoms in total. The van der Waals surface area contributed by atoms with Gasteiger partial charge in [0, 0.05) is 22.3 Å². The largest absolute Gasteiger partial charge is 0.496 e. The number of nitrogens with zero attached hydrogens (tertiary/aromatic N) is 3. The predicted molar refractivity (Wildman–Crippen MR) is 79.1 cm³/mol. The minimum absolute atomic E-state index is 0.250. The van der Waals surface area contributed by atoms with E-state index in [2.05, 4.69) is 10.1 Å². The zero-order valence-electron chi connectivity index (χ0n) is 11.1. The molecule has 0 radical (unpaired) electrons. The average Bonchev–Trinajstić information content (AvgIpc) is 2.76. The lowest BCUT2D eigenvalue weighted by Crippen LogP contribution is -1.95. The van der Waals surface area contributed by atoms with Crippen molar-refractivity contribution in [1.82, 2.24) is 14.6 Å². The van der Waals surface area contributed by atoms with Crippen molar-refractivity contribution >= 4 is 23.2 Å². The number of aryl methyl sites for hydroxylation is 1. The number of pyridine rings is 1. The van der Waals surface area contributed by atoms with E-state index >= 15 is 0 Å². The second kappa shape index (κ2) is 4.68. The average molecular weight is 289 g/mol. The van der Waals surface area contributed by atoms with Crippen molar-refractivity contribution in [2.24, 2.45) is 0 Å². The van der Waals surface area contributed by atoms with E-state index in [0.29, 0.717) is 10.7 Å². The fraction of sp³-hybridized carbons (Fsp3) is 0.143. The maximum absolute atomic E-state index is 6.09.